The van der Waals surface area contributed by atoms with E-state index in [0.29, 0.717) is 11.8 Å². The number of hydrogen-bond donors (Lipinski definition) is 2. The van der Waals surface area contributed by atoms with Gasteiger partial charge >= 0.3 is 0 Å². The normalized spacial score (nSPS) is 33.7. The average molecular weight is 393 g/mol. The van der Waals surface area contributed by atoms with E-state index in [1.807, 2.05) is 44.4 Å². The maximum Gasteiger partial charge on any atom is 0.252 e. The minimum atomic E-state index is -0.497. The van der Waals surface area contributed by atoms with Crippen molar-refractivity contribution >= 4 is 22.4 Å². The molecule has 4 aliphatic carbocycles. The average Bonchev–Trinajstić information content (AvgIpc) is 2.64. The molecule has 0 aromatic heterocycles. The second-order valence-corrected chi connectivity index (χ2v) is 10.3. The lowest BCUT2D eigenvalue weighted by atomic mass is 9.46. The maximum absolute atomic E-state index is 13.3. The van der Waals surface area contributed by atoms with Gasteiger partial charge in [0.2, 0.25) is 0 Å². The summed E-state index contributed by atoms with van der Waals surface area (Å²) in [5.41, 5.74) is 1.41. The molecule has 0 heterocycles. The number of hydrogen-bond acceptors (Lipinski definition) is 3. The van der Waals surface area contributed by atoms with Gasteiger partial charge in [0, 0.05) is 36.8 Å². The third-order valence-corrected chi connectivity index (χ3v) is 7.97. The van der Waals surface area contributed by atoms with Crippen molar-refractivity contribution in [1.82, 2.24) is 5.32 Å². The molecule has 3 atom stereocenters. The van der Waals surface area contributed by atoms with Gasteiger partial charge in [0.15, 0.2) is 0 Å². The summed E-state index contributed by atoms with van der Waals surface area (Å²) in [6.45, 7) is 2.16. The van der Waals surface area contributed by atoms with E-state index in [1.54, 1.807) is 0 Å². The van der Waals surface area contributed by atoms with Crippen LogP contribution in [0.3, 0.4) is 0 Å². The minimum absolute atomic E-state index is 0.00161. The first-order valence-electron chi connectivity index (χ1n) is 11.0. The zero-order valence-corrected chi connectivity index (χ0v) is 17.7. The van der Waals surface area contributed by atoms with Gasteiger partial charge in [0.05, 0.1) is 5.60 Å². The summed E-state index contributed by atoms with van der Waals surface area (Å²) in [7, 11) is 4.06. The van der Waals surface area contributed by atoms with Crippen molar-refractivity contribution in [2.45, 2.75) is 57.1 Å². The lowest BCUT2D eigenvalue weighted by molar-refractivity contribution is -0.171. The van der Waals surface area contributed by atoms with Gasteiger partial charge < -0.3 is 15.3 Å². The quantitative estimate of drug-likeness (QED) is 0.813. The van der Waals surface area contributed by atoms with Crippen molar-refractivity contribution in [3.05, 3.63) is 42.0 Å². The van der Waals surface area contributed by atoms with E-state index in [1.165, 1.54) is 6.42 Å². The van der Waals surface area contributed by atoms with Crippen LogP contribution in [-0.2, 0) is 0 Å². The fourth-order valence-corrected chi connectivity index (χ4v) is 7.09. The van der Waals surface area contributed by atoms with Crippen molar-refractivity contribution < 1.29 is 9.90 Å². The van der Waals surface area contributed by atoms with Crippen LogP contribution in [0.4, 0.5) is 5.69 Å². The first-order chi connectivity index (χ1) is 13.8. The highest BCUT2D eigenvalue weighted by Crippen LogP contribution is 2.62. The van der Waals surface area contributed by atoms with E-state index >= 15 is 0 Å². The van der Waals surface area contributed by atoms with Gasteiger partial charge in [-0.2, -0.15) is 0 Å². The van der Waals surface area contributed by atoms with Gasteiger partial charge in [0.1, 0.15) is 0 Å². The summed E-state index contributed by atoms with van der Waals surface area (Å²) in [6, 6.07) is 12.2. The molecule has 4 aliphatic rings. The highest BCUT2D eigenvalue weighted by molar-refractivity contribution is 6.10. The van der Waals surface area contributed by atoms with Crippen LogP contribution < -0.4 is 10.2 Å². The molecule has 4 saturated carbocycles. The molecule has 0 radical (unpaired) electrons. The number of benzene rings is 2. The molecule has 6 rings (SSSR count). The fraction of sp³-hybridized carbons (Fsp3) is 0.560. The second-order valence-electron chi connectivity index (χ2n) is 10.3. The Balaban J connectivity index is 1.43. The number of anilines is 1. The molecule has 4 bridgehead atoms. The van der Waals surface area contributed by atoms with Crippen LogP contribution in [0.25, 0.3) is 10.8 Å². The highest BCUT2D eigenvalue weighted by Gasteiger charge is 2.59. The first-order valence-corrected chi connectivity index (χ1v) is 11.0. The first kappa shape index (κ1) is 18.9. The summed E-state index contributed by atoms with van der Waals surface area (Å²) in [5.74, 6) is 1.25. The number of carbonyl (C=O) groups is 1. The molecule has 2 N–H and O–H groups in total. The van der Waals surface area contributed by atoms with Crippen LogP contribution in [0.5, 0.6) is 0 Å². The Kier molecular flexibility index (Phi) is 4.22. The predicted octanol–water partition coefficient (Wildman–Crippen LogP) is 4.36. The summed E-state index contributed by atoms with van der Waals surface area (Å²) in [5, 5.41) is 16.5. The summed E-state index contributed by atoms with van der Waals surface area (Å²) in [4.78, 5) is 15.4. The number of nitrogens with zero attached hydrogens (tertiary/aromatic N) is 1. The number of aliphatic hydroxyl groups is 1. The summed E-state index contributed by atoms with van der Waals surface area (Å²) in [6.07, 6.45) is 6.32. The standard InChI is InChI=1S/C25H32N2O2/c1-16(24-11-17-10-18(12-24)14-25(29,13-17)15-24)26-23(28)21-8-9-22(27(2)3)20-7-5-4-6-19(20)21/h4-9,16-18,29H,10-15H2,1-3H3,(H,26,28). The SMILES string of the molecule is CC(NC(=O)c1ccc(N(C)C)c2ccccc12)C12CC3CC(CC(O)(C3)C1)C2. The third-order valence-electron chi connectivity index (χ3n) is 7.97. The number of fused-ring (bicyclic) bond motifs is 1. The largest absolute Gasteiger partial charge is 0.390 e. The highest BCUT2D eigenvalue weighted by atomic mass is 16.3. The molecular weight excluding hydrogens is 360 g/mol. The molecule has 1 amide bonds. The van der Waals surface area contributed by atoms with Crippen molar-refractivity contribution in [2.24, 2.45) is 17.3 Å². The number of carbonyl (C=O) groups excluding carboxylic acids is 1. The number of rotatable bonds is 4. The predicted molar refractivity (Wildman–Crippen MR) is 117 cm³/mol. The van der Waals surface area contributed by atoms with Crippen LogP contribution in [0.2, 0.25) is 0 Å². The lowest BCUT2D eigenvalue weighted by Crippen LogP contribution is -2.61. The van der Waals surface area contributed by atoms with E-state index in [2.05, 4.69) is 23.2 Å². The van der Waals surface area contributed by atoms with Crippen molar-refractivity contribution in [1.29, 1.82) is 0 Å². The van der Waals surface area contributed by atoms with E-state index in [-0.39, 0.29) is 17.4 Å². The summed E-state index contributed by atoms with van der Waals surface area (Å²) < 4.78 is 0. The zero-order valence-electron chi connectivity index (χ0n) is 17.7. The Hall–Kier alpha value is -2.07. The molecule has 2 aromatic rings. The lowest BCUT2D eigenvalue weighted by Gasteiger charge is -2.62. The maximum atomic E-state index is 13.3. The summed E-state index contributed by atoms with van der Waals surface area (Å²) >= 11 is 0. The van der Waals surface area contributed by atoms with Crippen molar-refractivity contribution in [3.63, 3.8) is 0 Å². The molecule has 154 valence electrons. The number of amides is 1. The van der Waals surface area contributed by atoms with E-state index in [0.717, 1.165) is 54.1 Å². The zero-order chi connectivity index (χ0) is 20.4. The number of nitrogens with one attached hydrogen (secondary N) is 1. The monoisotopic (exact) mass is 392 g/mol. The van der Waals surface area contributed by atoms with Gasteiger partial charge in [-0.1, -0.05) is 24.3 Å². The van der Waals surface area contributed by atoms with Crippen LogP contribution in [0, 0.1) is 17.3 Å². The topological polar surface area (TPSA) is 52.6 Å². The van der Waals surface area contributed by atoms with E-state index in [4.69, 9.17) is 0 Å². The Labute approximate surface area is 173 Å². The van der Waals surface area contributed by atoms with E-state index in [9.17, 15) is 9.90 Å². The van der Waals surface area contributed by atoms with Crippen LogP contribution >= 0.6 is 0 Å². The van der Waals surface area contributed by atoms with Gasteiger partial charge in [-0.15, -0.1) is 0 Å². The van der Waals surface area contributed by atoms with Gasteiger partial charge in [0.25, 0.3) is 5.91 Å². The molecule has 0 aliphatic heterocycles. The minimum Gasteiger partial charge on any atom is -0.390 e. The van der Waals surface area contributed by atoms with E-state index < -0.39 is 5.60 Å². The Bertz CT molecular complexity index is 952. The van der Waals surface area contributed by atoms with Gasteiger partial charge in [-0.25, -0.2) is 0 Å². The van der Waals surface area contributed by atoms with Crippen molar-refractivity contribution in [2.75, 3.05) is 19.0 Å². The van der Waals surface area contributed by atoms with Crippen LogP contribution in [-0.4, -0.2) is 36.8 Å². The molecule has 3 unspecified atom stereocenters. The molecule has 4 fully saturated rings. The molecular formula is C25H32N2O2. The van der Waals surface area contributed by atoms with Gasteiger partial charge in [-0.3, -0.25) is 4.79 Å². The Morgan fingerprint density at radius 1 is 1.07 bits per heavy atom. The Morgan fingerprint density at radius 2 is 1.72 bits per heavy atom. The molecule has 29 heavy (non-hydrogen) atoms. The van der Waals surface area contributed by atoms with Crippen LogP contribution in [0.1, 0.15) is 55.8 Å². The van der Waals surface area contributed by atoms with Crippen LogP contribution in [0.15, 0.2) is 36.4 Å². The van der Waals surface area contributed by atoms with Gasteiger partial charge in [-0.05, 0) is 80.2 Å². The molecule has 4 nitrogen and oxygen atoms in total. The third kappa shape index (κ3) is 3.04. The second kappa shape index (κ2) is 6.46. The fourth-order valence-electron chi connectivity index (χ4n) is 7.09. The molecule has 0 saturated heterocycles. The smallest absolute Gasteiger partial charge is 0.252 e. The molecule has 0 spiro atoms. The Morgan fingerprint density at radius 3 is 2.34 bits per heavy atom. The van der Waals surface area contributed by atoms with Crippen molar-refractivity contribution in [3.8, 4) is 0 Å². The molecule has 4 heteroatoms. The molecule has 2 aromatic carbocycles.